The van der Waals surface area contributed by atoms with Gasteiger partial charge in [-0.25, -0.2) is 4.79 Å². The van der Waals surface area contributed by atoms with Crippen LogP contribution in [0.2, 0.25) is 0 Å². The molecule has 0 saturated heterocycles. The molecule has 0 fully saturated rings. The van der Waals surface area contributed by atoms with Crippen LogP contribution >= 0.6 is 0 Å². The van der Waals surface area contributed by atoms with E-state index in [0.29, 0.717) is 23.4 Å². The Kier molecular flexibility index (Phi) is 5.06. The van der Waals surface area contributed by atoms with E-state index in [2.05, 4.69) is 13.8 Å². The third-order valence-electron chi connectivity index (χ3n) is 4.18. The summed E-state index contributed by atoms with van der Waals surface area (Å²) in [6.07, 6.45) is 3.99. The predicted molar refractivity (Wildman–Crippen MR) is 85.7 cm³/mol. The first-order valence-corrected chi connectivity index (χ1v) is 7.85. The molecule has 120 valence electrons. The van der Waals surface area contributed by atoms with Gasteiger partial charge in [-0.1, -0.05) is 26.7 Å². The minimum atomic E-state index is -0.444. The molecule has 0 radical (unpaired) electrons. The predicted octanol–water partition coefficient (Wildman–Crippen LogP) is 2.98. The van der Waals surface area contributed by atoms with Crippen molar-refractivity contribution in [2.75, 3.05) is 12.8 Å². The molecule has 2 N–H and O–H groups in total. The molecule has 1 heterocycles. The van der Waals surface area contributed by atoms with Crippen LogP contribution in [-0.2, 0) is 11.3 Å². The van der Waals surface area contributed by atoms with Crippen LogP contribution in [0.1, 0.15) is 65.8 Å². The Bertz CT molecular complexity index is 578. The molecule has 0 aromatic heterocycles. The van der Waals surface area contributed by atoms with Crippen molar-refractivity contribution in [2.45, 2.75) is 52.1 Å². The largest absolute Gasteiger partial charge is 0.465 e. The lowest BCUT2D eigenvalue weighted by Crippen LogP contribution is -2.35. The van der Waals surface area contributed by atoms with E-state index in [1.165, 1.54) is 7.11 Å². The van der Waals surface area contributed by atoms with Crippen LogP contribution in [0.5, 0.6) is 0 Å². The van der Waals surface area contributed by atoms with Gasteiger partial charge in [0, 0.05) is 23.8 Å². The number of nitrogens with two attached hydrogens (primary N) is 1. The van der Waals surface area contributed by atoms with E-state index in [4.69, 9.17) is 10.5 Å². The molecule has 0 spiro atoms. The van der Waals surface area contributed by atoms with Gasteiger partial charge >= 0.3 is 5.97 Å². The van der Waals surface area contributed by atoms with Crippen molar-refractivity contribution < 1.29 is 14.3 Å². The van der Waals surface area contributed by atoms with Crippen LogP contribution < -0.4 is 5.73 Å². The zero-order valence-electron chi connectivity index (χ0n) is 13.5. The van der Waals surface area contributed by atoms with Crippen LogP contribution in [0, 0.1) is 0 Å². The minimum Gasteiger partial charge on any atom is -0.465 e. The number of methoxy groups -OCH3 is 1. The molecule has 0 atom stereocenters. The van der Waals surface area contributed by atoms with Crippen molar-refractivity contribution in [3.8, 4) is 0 Å². The summed E-state index contributed by atoms with van der Waals surface area (Å²) in [4.78, 5) is 26.6. The van der Waals surface area contributed by atoms with Gasteiger partial charge in [0.1, 0.15) is 0 Å². The number of ether oxygens (including phenoxy) is 1. The maximum absolute atomic E-state index is 12.7. The number of hydrogen-bond donors (Lipinski definition) is 1. The van der Waals surface area contributed by atoms with Gasteiger partial charge in [-0.2, -0.15) is 0 Å². The third kappa shape index (κ3) is 2.93. The second kappa shape index (κ2) is 6.81. The van der Waals surface area contributed by atoms with Crippen molar-refractivity contribution in [1.29, 1.82) is 0 Å². The maximum atomic E-state index is 12.7. The van der Waals surface area contributed by atoms with E-state index in [-0.39, 0.29) is 11.9 Å². The van der Waals surface area contributed by atoms with Crippen molar-refractivity contribution >= 4 is 17.6 Å². The molecule has 22 heavy (non-hydrogen) atoms. The normalized spacial score (nSPS) is 13.6. The van der Waals surface area contributed by atoms with E-state index in [1.807, 2.05) is 4.90 Å². The lowest BCUT2D eigenvalue weighted by atomic mass is 10.0. The number of nitrogen functional groups attached to an aromatic ring is 1. The average Bonchev–Trinajstić information content (AvgIpc) is 2.83. The third-order valence-corrected chi connectivity index (χ3v) is 4.18. The van der Waals surface area contributed by atoms with Gasteiger partial charge in [-0.15, -0.1) is 0 Å². The van der Waals surface area contributed by atoms with Gasteiger partial charge in [-0.05, 0) is 30.5 Å². The highest BCUT2D eigenvalue weighted by molar-refractivity contribution is 6.04. The average molecular weight is 304 g/mol. The molecule has 1 amide bonds. The fraction of sp³-hybridized carbons (Fsp3) is 0.529. The zero-order valence-corrected chi connectivity index (χ0v) is 13.5. The topological polar surface area (TPSA) is 72.6 Å². The molecular weight excluding hydrogens is 280 g/mol. The Balaban J connectivity index is 2.39. The highest BCUT2D eigenvalue weighted by atomic mass is 16.5. The van der Waals surface area contributed by atoms with E-state index in [1.54, 1.807) is 12.1 Å². The van der Waals surface area contributed by atoms with Crippen molar-refractivity contribution in [1.82, 2.24) is 4.90 Å². The first-order valence-electron chi connectivity index (χ1n) is 7.85. The van der Waals surface area contributed by atoms with Crippen LogP contribution in [0.25, 0.3) is 0 Å². The smallest absolute Gasteiger partial charge is 0.338 e. The van der Waals surface area contributed by atoms with Crippen molar-refractivity contribution in [2.24, 2.45) is 0 Å². The standard InChI is InChI=1S/C17H24N2O3/c1-4-6-12(7-5-2)19-10-15-13(16(19)20)8-11(18)9-14(15)17(21)22-3/h8-9,12H,4-7,10,18H2,1-3H3. The molecule has 0 bridgehead atoms. The summed E-state index contributed by atoms with van der Waals surface area (Å²) in [5.41, 5.74) is 7.94. The zero-order chi connectivity index (χ0) is 16.3. The van der Waals surface area contributed by atoms with Gasteiger partial charge in [0.15, 0.2) is 0 Å². The van der Waals surface area contributed by atoms with E-state index < -0.39 is 5.97 Å². The van der Waals surface area contributed by atoms with Gasteiger partial charge < -0.3 is 15.4 Å². The van der Waals surface area contributed by atoms with Crippen molar-refractivity contribution in [3.05, 3.63) is 28.8 Å². The maximum Gasteiger partial charge on any atom is 0.338 e. The number of hydrogen-bond acceptors (Lipinski definition) is 4. The number of amides is 1. The quantitative estimate of drug-likeness (QED) is 0.648. The first-order chi connectivity index (χ1) is 10.5. The summed E-state index contributed by atoms with van der Waals surface area (Å²) in [5.74, 6) is -0.472. The summed E-state index contributed by atoms with van der Waals surface area (Å²) in [5, 5.41) is 0. The summed E-state index contributed by atoms with van der Waals surface area (Å²) in [7, 11) is 1.34. The number of fused-ring (bicyclic) bond motifs is 1. The van der Waals surface area contributed by atoms with Crippen molar-refractivity contribution in [3.63, 3.8) is 0 Å². The molecule has 5 heteroatoms. The number of carbonyl (C=O) groups is 2. The molecular formula is C17H24N2O3. The molecule has 0 saturated carbocycles. The summed E-state index contributed by atoms with van der Waals surface area (Å²) < 4.78 is 4.82. The summed E-state index contributed by atoms with van der Waals surface area (Å²) in [6, 6.07) is 3.47. The molecule has 5 nitrogen and oxygen atoms in total. The molecule has 1 aliphatic heterocycles. The lowest BCUT2D eigenvalue weighted by molar-refractivity contribution is 0.0594. The molecule has 0 unspecified atom stereocenters. The first kappa shape index (κ1) is 16.3. The Hall–Kier alpha value is -2.04. The fourth-order valence-corrected chi connectivity index (χ4v) is 3.16. The second-order valence-electron chi connectivity index (χ2n) is 5.75. The van der Waals surface area contributed by atoms with Crippen LogP contribution in [0.3, 0.4) is 0 Å². The molecule has 2 rings (SSSR count). The Morgan fingerprint density at radius 2 is 1.95 bits per heavy atom. The fourth-order valence-electron chi connectivity index (χ4n) is 3.16. The summed E-state index contributed by atoms with van der Waals surface area (Å²) >= 11 is 0. The van der Waals surface area contributed by atoms with E-state index in [9.17, 15) is 9.59 Å². The van der Waals surface area contributed by atoms with Gasteiger partial charge in [0.05, 0.1) is 12.7 Å². The number of nitrogens with zero attached hydrogens (tertiary/aromatic N) is 1. The highest BCUT2D eigenvalue weighted by Crippen LogP contribution is 2.32. The minimum absolute atomic E-state index is 0.0284. The van der Waals surface area contributed by atoms with Crippen LogP contribution in [0.4, 0.5) is 5.69 Å². The Labute approximate surface area is 131 Å². The SMILES string of the molecule is CCCC(CCC)N1Cc2c(C(=O)OC)cc(N)cc2C1=O. The van der Waals surface area contributed by atoms with Gasteiger partial charge in [0.25, 0.3) is 5.91 Å². The lowest BCUT2D eigenvalue weighted by Gasteiger charge is -2.27. The summed E-state index contributed by atoms with van der Waals surface area (Å²) in [6.45, 7) is 4.70. The molecule has 0 aliphatic carbocycles. The number of esters is 1. The number of benzene rings is 1. The number of anilines is 1. The molecule has 1 aromatic rings. The van der Waals surface area contributed by atoms with Gasteiger partial charge in [0.2, 0.25) is 0 Å². The number of carbonyl (C=O) groups excluding carboxylic acids is 2. The number of rotatable bonds is 6. The van der Waals surface area contributed by atoms with E-state index in [0.717, 1.165) is 31.2 Å². The van der Waals surface area contributed by atoms with E-state index >= 15 is 0 Å². The molecule has 1 aromatic carbocycles. The second-order valence-corrected chi connectivity index (χ2v) is 5.75. The van der Waals surface area contributed by atoms with Crippen LogP contribution in [-0.4, -0.2) is 29.9 Å². The molecule has 1 aliphatic rings. The Morgan fingerprint density at radius 1 is 1.32 bits per heavy atom. The van der Waals surface area contributed by atoms with Crippen LogP contribution in [0.15, 0.2) is 12.1 Å². The monoisotopic (exact) mass is 304 g/mol. The Morgan fingerprint density at radius 3 is 2.50 bits per heavy atom. The van der Waals surface area contributed by atoms with Gasteiger partial charge in [-0.3, -0.25) is 4.79 Å². The highest BCUT2D eigenvalue weighted by Gasteiger charge is 2.35.